The van der Waals surface area contributed by atoms with E-state index in [0.717, 1.165) is 5.56 Å². The monoisotopic (exact) mass is 238 g/mol. The van der Waals surface area contributed by atoms with Crippen molar-refractivity contribution in [2.75, 3.05) is 5.32 Å². The van der Waals surface area contributed by atoms with Crippen molar-refractivity contribution in [2.24, 2.45) is 0 Å². The summed E-state index contributed by atoms with van der Waals surface area (Å²) >= 11 is 0. The fraction of sp³-hybridized carbons (Fsp3) is 0.364. The molecule has 17 heavy (non-hydrogen) atoms. The van der Waals surface area contributed by atoms with E-state index in [-0.39, 0.29) is 17.5 Å². The molecule has 0 saturated carbocycles. The number of anilines is 1. The lowest BCUT2D eigenvalue weighted by atomic mass is 10.2. The van der Waals surface area contributed by atoms with Gasteiger partial charge in [-0.25, -0.2) is 4.79 Å². The van der Waals surface area contributed by atoms with Crippen LogP contribution in [0.4, 0.5) is 16.2 Å². The van der Waals surface area contributed by atoms with E-state index in [9.17, 15) is 14.9 Å². The molecule has 1 amide bonds. The van der Waals surface area contributed by atoms with Crippen molar-refractivity contribution in [3.05, 3.63) is 33.9 Å². The van der Waals surface area contributed by atoms with Crippen LogP contribution in [-0.4, -0.2) is 17.1 Å². The van der Waals surface area contributed by atoms with Gasteiger partial charge < -0.3 is 4.74 Å². The minimum atomic E-state index is -0.700. The van der Waals surface area contributed by atoms with Gasteiger partial charge in [0.05, 0.1) is 11.0 Å². The molecular weight excluding hydrogens is 224 g/mol. The smallest absolute Gasteiger partial charge is 0.412 e. The molecule has 0 radical (unpaired) electrons. The van der Waals surface area contributed by atoms with Crippen LogP contribution < -0.4 is 5.32 Å². The number of carbonyl (C=O) groups excluding carboxylic acids is 1. The van der Waals surface area contributed by atoms with Gasteiger partial charge >= 0.3 is 6.09 Å². The number of carbonyl (C=O) groups is 1. The highest BCUT2D eigenvalue weighted by molar-refractivity contribution is 5.88. The van der Waals surface area contributed by atoms with Crippen LogP contribution in [0.5, 0.6) is 0 Å². The zero-order valence-corrected chi connectivity index (χ0v) is 9.89. The normalized spacial score (nSPS) is 10.1. The number of amides is 1. The molecule has 6 heteroatoms. The van der Waals surface area contributed by atoms with Crippen molar-refractivity contribution in [2.45, 2.75) is 26.9 Å². The molecule has 0 saturated heterocycles. The van der Waals surface area contributed by atoms with Crippen molar-refractivity contribution < 1.29 is 14.5 Å². The molecule has 0 bridgehead atoms. The summed E-state index contributed by atoms with van der Waals surface area (Å²) in [5.74, 6) is 0. The van der Waals surface area contributed by atoms with Crippen LogP contribution >= 0.6 is 0 Å². The van der Waals surface area contributed by atoms with Gasteiger partial charge in [0.2, 0.25) is 0 Å². The molecule has 0 unspecified atom stereocenters. The van der Waals surface area contributed by atoms with Gasteiger partial charge in [0.25, 0.3) is 5.69 Å². The van der Waals surface area contributed by atoms with Gasteiger partial charge in [0.15, 0.2) is 0 Å². The molecule has 0 spiro atoms. The van der Waals surface area contributed by atoms with E-state index in [2.05, 4.69) is 5.32 Å². The number of aryl methyl sites for hydroxylation is 1. The van der Waals surface area contributed by atoms with E-state index in [1.165, 1.54) is 12.1 Å². The molecule has 1 N–H and O–H groups in total. The van der Waals surface area contributed by atoms with Crippen LogP contribution in [0.2, 0.25) is 0 Å². The molecule has 0 aliphatic heterocycles. The number of nitro groups is 1. The van der Waals surface area contributed by atoms with Crippen LogP contribution in [0.3, 0.4) is 0 Å². The molecule has 0 fully saturated rings. The summed E-state index contributed by atoms with van der Waals surface area (Å²) < 4.78 is 4.86. The average molecular weight is 238 g/mol. The van der Waals surface area contributed by atoms with Crippen LogP contribution in [0.1, 0.15) is 19.4 Å². The molecule has 0 aromatic heterocycles. The van der Waals surface area contributed by atoms with E-state index in [1.807, 2.05) is 0 Å². The number of rotatable bonds is 3. The molecule has 0 aliphatic rings. The summed E-state index contributed by atoms with van der Waals surface area (Å²) in [6, 6.07) is 4.48. The highest BCUT2D eigenvalue weighted by atomic mass is 16.6. The number of nitro benzene ring substituents is 1. The number of hydrogen-bond acceptors (Lipinski definition) is 4. The number of nitrogens with one attached hydrogen (secondary N) is 1. The van der Waals surface area contributed by atoms with Crippen molar-refractivity contribution in [3.63, 3.8) is 0 Å². The Balaban J connectivity index is 2.92. The lowest BCUT2D eigenvalue weighted by Crippen LogP contribution is -2.18. The molecule has 1 aromatic carbocycles. The van der Waals surface area contributed by atoms with Gasteiger partial charge in [0.1, 0.15) is 5.69 Å². The van der Waals surface area contributed by atoms with Crippen LogP contribution in [0.15, 0.2) is 18.2 Å². The van der Waals surface area contributed by atoms with Gasteiger partial charge in [-0.3, -0.25) is 15.4 Å². The predicted octanol–water partition coefficient (Wildman–Crippen LogP) is 2.86. The number of hydrogen-bond donors (Lipinski definition) is 1. The van der Waals surface area contributed by atoms with Crippen molar-refractivity contribution in [1.82, 2.24) is 0 Å². The Morgan fingerprint density at radius 3 is 2.65 bits per heavy atom. The first-order valence-electron chi connectivity index (χ1n) is 5.13. The Bertz CT molecular complexity index is 443. The zero-order chi connectivity index (χ0) is 13.0. The van der Waals surface area contributed by atoms with E-state index >= 15 is 0 Å². The third-order valence-electron chi connectivity index (χ3n) is 1.93. The average Bonchev–Trinajstić information content (AvgIpc) is 2.15. The first-order chi connectivity index (χ1) is 7.90. The summed E-state index contributed by atoms with van der Waals surface area (Å²) in [5.41, 5.74) is 0.799. The molecule has 6 nitrogen and oxygen atoms in total. The predicted molar refractivity (Wildman–Crippen MR) is 63.1 cm³/mol. The molecule has 0 atom stereocenters. The first-order valence-corrected chi connectivity index (χ1v) is 5.13. The van der Waals surface area contributed by atoms with E-state index in [4.69, 9.17) is 4.74 Å². The first kappa shape index (κ1) is 13.0. The Kier molecular flexibility index (Phi) is 4.03. The lowest BCUT2D eigenvalue weighted by molar-refractivity contribution is -0.383. The molecule has 1 aromatic rings. The maximum absolute atomic E-state index is 11.4. The summed E-state index contributed by atoms with van der Waals surface area (Å²) in [6.07, 6.45) is -0.979. The number of ether oxygens (including phenoxy) is 1. The Morgan fingerprint density at radius 1 is 1.47 bits per heavy atom. The number of nitrogens with zero attached hydrogens (tertiary/aromatic N) is 1. The maximum atomic E-state index is 11.4. The Morgan fingerprint density at radius 2 is 2.12 bits per heavy atom. The minimum Gasteiger partial charge on any atom is -0.447 e. The van der Waals surface area contributed by atoms with Crippen LogP contribution in [-0.2, 0) is 4.74 Å². The topological polar surface area (TPSA) is 81.5 Å². The van der Waals surface area contributed by atoms with Gasteiger partial charge in [-0.05, 0) is 32.4 Å². The molecule has 92 valence electrons. The second-order valence-electron chi connectivity index (χ2n) is 3.86. The molecular formula is C11H14N2O4. The minimum absolute atomic E-state index is 0.139. The highest BCUT2D eigenvalue weighted by Gasteiger charge is 2.16. The third kappa shape index (κ3) is 3.75. The molecule has 0 heterocycles. The van der Waals surface area contributed by atoms with Gasteiger partial charge in [-0.15, -0.1) is 0 Å². The van der Waals surface area contributed by atoms with Gasteiger partial charge in [-0.2, -0.15) is 0 Å². The van der Waals surface area contributed by atoms with Gasteiger partial charge in [-0.1, -0.05) is 6.07 Å². The van der Waals surface area contributed by atoms with E-state index in [1.54, 1.807) is 26.8 Å². The van der Waals surface area contributed by atoms with Crippen LogP contribution in [0.25, 0.3) is 0 Å². The second-order valence-corrected chi connectivity index (χ2v) is 3.86. The summed E-state index contributed by atoms with van der Waals surface area (Å²) in [4.78, 5) is 21.6. The quantitative estimate of drug-likeness (QED) is 0.648. The standard InChI is InChI=1S/C11H14N2O4/c1-7(2)17-11(14)12-9-6-8(3)4-5-10(9)13(15)16/h4-7H,1-3H3,(H,12,14). The third-order valence-corrected chi connectivity index (χ3v) is 1.93. The Hall–Kier alpha value is -2.11. The maximum Gasteiger partial charge on any atom is 0.412 e. The summed E-state index contributed by atoms with van der Waals surface area (Å²) in [5, 5.41) is 13.1. The molecule has 0 aliphatic carbocycles. The highest BCUT2D eigenvalue weighted by Crippen LogP contribution is 2.25. The Labute approximate surface area is 98.7 Å². The molecule has 1 rings (SSSR count). The summed E-state index contributed by atoms with van der Waals surface area (Å²) in [6.45, 7) is 5.18. The van der Waals surface area contributed by atoms with Gasteiger partial charge in [0, 0.05) is 6.07 Å². The zero-order valence-electron chi connectivity index (χ0n) is 9.89. The lowest BCUT2D eigenvalue weighted by Gasteiger charge is -2.10. The van der Waals surface area contributed by atoms with Crippen molar-refractivity contribution >= 4 is 17.5 Å². The van der Waals surface area contributed by atoms with Crippen LogP contribution in [0, 0.1) is 17.0 Å². The number of benzene rings is 1. The van der Waals surface area contributed by atoms with E-state index in [0.29, 0.717) is 0 Å². The summed E-state index contributed by atoms with van der Waals surface area (Å²) in [7, 11) is 0. The van der Waals surface area contributed by atoms with E-state index < -0.39 is 11.0 Å². The fourth-order valence-corrected chi connectivity index (χ4v) is 1.26. The fourth-order valence-electron chi connectivity index (χ4n) is 1.26. The largest absolute Gasteiger partial charge is 0.447 e. The van der Waals surface area contributed by atoms with Crippen molar-refractivity contribution in [3.8, 4) is 0 Å². The van der Waals surface area contributed by atoms with Crippen molar-refractivity contribution in [1.29, 1.82) is 0 Å². The second kappa shape index (κ2) is 5.29. The SMILES string of the molecule is Cc1ccc([N+](=O)[O-])c(NC(=O)OC(C)C)c1.